The number of rotatable bonds is 12. The Balaban J connectivity index is 1.78. The fraction of sp³-hybridized carbons (Fsp3) is 0.767. The second-order valence-corrected chi connectivity index (χ2v) is 19.4. The summed E-state index contributed by atoms with van der Waals surface area (Å²) in [5.41, 5.74) is 0.445. The lowest BCUT2D eigenvalue weighted by atomic mass is 9.85. The zero-order valence-electron chi connectivity index (χ0n) is 27.5. The van der Waals surface area contributed by atoms with Crippen LogP contribution >= 0.6 is 104 Å². The average Bonchev–Trinajstić information content (AvgIpc) is 3.79. The summed E-state index contributed by atoms with van der Waals surface area (Å²) in [6.45, 7) is 6.00. The van der Waals surface area contributed by atoms with Crippen molar-refractivity contribution >= 4 is 134 Å². The standard InChI is InChI=1S/C30H37Cl9N2O10/c1-14(10-20(42)40-12-21(43)41-7-5-4-6-8-41)9-18-24(51-27(46)30(37,38)39)23(50-26(45)29(34,35)36)17(13-47-18)11-19-22(49-19)15(2)16(3)48-25(44)28(31,32)33/h10,15-19,22-24H,4-9,11-13H2,1-3H3,(H,40,42)/b14-10+/t15-,16-,17-,18-,19-,22-,23+,24-/m0/s1. The van der Waals surface area contributed by atoms with E-state index in [2.05, 4.69) is 5.32 Å². The van der Waals surface area contributed by atoms with Crippen molar-refractivity contribution < 1.29 is 47.7 Å². The first kappa shape index (κ1) is 45.0. The van der Waals surface area contributed by atoms with Crippen LogP contribution in [0.25, 0.3) is 0 Å². The lowest BCUT2D eigenvalue weighted by Crippen LogP contribution is -2.55. The van der Waals surface area contributed by atoms with Crippen molar-refractivity contribution in [2.45, 2.75) is 101 Å². The van der Waals surface area contributed by atoms with Crippen molar-refractivity contribution in [3.05, 3.63) is 11.6 Å². The molecule has 0 aliphatic carbocycles. The molecule has 8 atom stereocenters. The molecule has 0 bridgehead atoms. The highest BCUT2D eigenvalue weighted by molar-refractivity contribution is 6.76. The molecule has 21 heteroatoms. The second-order valence-electron chi connectivity index (χ2n) is 12.6. The smallest absolute Gasteiger partial charge is 0.359 e. The zero-order chi connectivity index (χ0) is 38.5. The van der Waals surface area contributed by atoms with Crippen LogP contribution in [0, 0.1) is 11.8 Å². The first-order valence-corrected chi connectivity index (χ1v) is 19.2. The Morgan fingerprint density at radius 1 is 0.824 bits per heavy atom. The highest BCUT2D eigenvalue weighted by atomic mass is 35.6. The van der Waals surface area contributed by atoms with Crippen LogP contribution in [0.1, 0.15) is 52.9 Å². The normalized spacial score (nSPS) is 27.1. The third-order valence-electron chi connectivity index (χ3n) is 8.59. The molecule has 0 aromatic heterocycles. The lowest BCUT2D eigenvalue weighted by molar-refractivity contribution is -0.208. The SMILES string of the molecule is C/C(=C\C(=O)NCC(=O)N1CCCCC1)C[C@@H]1OC[C@H](C[C@@H]2O[C@H]2[C@@H](C)[C@H](C)OC(=O)C(Cl)(Cl)Cl)[C@@H](OC(=O)C(Cl)(Cl)Cl)[C@H]1OC(=O)C(Cl)(Cl)Cl. The van der Waals surface area contributed by atoms with Gasteiger partial charge in [-0.05, 0) is 46.0 Å². The molecule has 1 N–H and O–H groups in total. The van der Waals surface area contributed by atoms with Crippen molar-refractivity contribution in [2.24, 2.45) is 11.8 Å². The predicted octanol–water partition coefficient (Wildman–Crippen LogP) is 6.13. The molecule has 0 aromatic carbocycles. The van der Waals surface area contributed by atoms with Gasteiger partial charge in [-0.3, -0.25) is 9.59 Å². The first-order chi connectivity index (χ1) is 23.5. The Hall–Kier alpha value is -0.380. The highest BCUT2D eigenvalue weighted by Crippen LogP contribution is 2.42. The molecule has 0 radical (unpaired) electrons. The van der Waals surface area contributed by atoms with E-state index in [1.807, 2.05) is 0 Å². The minimum absolute atomic E-state index is 0.0362. The molecule has 0 aromatic rings. The molecule has 290 valence electrons. The molecule has 0 spiro atoms. The number of likely N-dealkylation sites (tertiary alicyclic amines) is 1. The molecule has 3 heterocycles. The van der Waals surface area contributed by atoms with Gasteiger partial charge in [0.05, 0.1) is 25.4 Å². The van der Waals surface area contributed by atoms with Gasteiger partial charge in [-0.25, -0.2) is 14.4 Å². The number of halogens is 9. The Labute approximate surface area is 340 Å². The number of alkyl halides is 9. The monoisotopic (exact) mass is 900 g/mol. The largest absolute Gasteiger partial charge is 0.459 e. The van der Waals surface area contributed by atoms with E-state index in [0.717, 1.165) is 19.3 Å². The number of amides is 2. The molecule has 12 nitrogen and oxygen atoms in total. The third kappa shape index (κ3) is 14.0. The van der Waals surface area contributed by atoms with Crippen LogP contribution in [0.15, 0.2) is 11.6 Å². The number of epoxide rings is 1. The number of nitrogens with zero attached hydrogens (tertiary/aromatic N) is 1. The van der Waals surface area contributed by atoms with Crippen LogP contribution in [-0.2, 0) is 47.7 Å². The van der Waals surface area contributed by atoms with Gasteiger partial charge in [0.15, 0.2) is 6.10 Å². The second kappa shape index (κ2) is 19.0. The Kier molecular flexibility index (Phi) is 16.7. The molecule has 3 rings (SSSR count). The van der Waals surface area contributed by atoms with Crippen molar-refractivity contribution in [3.63, 3.8) is 0 Å². The maximum absolute atomic E-state index is 12.9. The van der Waals surface area contributed by atoms with Crippen LogP contribution in [0.3, 0.4) is 0 Å². The fourth-order valence-electron chi connectivity index (χ4n) is 5.77. The lowest BCUT2D eigenvalue weighted by Gasteiger charge is -2.42. The van der Waals surface area contributed by atoms with Crippen molar-refractivity contribution in [3.8, 4) is 0 Å². The fourth-order valence-corrected chi connectivity index (χ4v) is 6.17. The number of ether oxygens (including phenoxy) is 5. The molecule has 3 aliphatic rings. The minimum atomic E-state index is -2.53. The van der Waals surface area contributed by atoms with Gasteiger partial charge in [-0.2, -0.15) is 0 Å². The first-order valence-electron chi connectivity index (χ1n) is 15.8. The summed E-state index contributed by atoms with van der Waals surface area (Å²) in [6, 6.07) is 0. The summed E-state index contributed by atoms with van der Waals surface area (Å²) < 4.78 is 21.1. The Bertz CT molecular complexity index is 1310. The van der Waals surface area contributed by atoms with E-state index in [0.29, 0.717) is 18.7 Å². The van der Waals surface area contributed by atoms with E-state index in [1.165, 1.54) is 6.08 Å². The summed E-state index contributed by atoms with van der Waals surface area (Å²) in [4.78, 5) is 64.7. The van der Waals surface area contributed by atoms with Gasteiger partial charge in [0, 0.05) is 31.0 Å². The van der Waals surface area contributed by atoms with Crippen molar-refractivity contribution in [1.82, 2.24) is 10.2 Å². The van der Waals surface area contributed by atoms with E-state index in [9.17, 15) is 24.0 Å². The van der Waals surface area contributed by atoms with E-state index in [-0.39, 0.29) is 37.8 Å². The maximum Gasteiger partial charge on any atom is 0.359 e. The minimum Gasteiger partial charge on any atom is -0.459 e. The summed E-state index contributed by atoms with van der Waals surface area (Å²) in [6.07, 6.45) is -1.21. The number of hydrogen-bond donors (Lipinski definition) is 1. The van der Waals surface area contributed by atoms with E-state index < -0.39 is 77.7 Å². The highest BCUT2D eigenvalue weighted by Gasteiger charge is 2.54. The predicted molar refractivity (Wildman–Crippen MR) is 194 cm³/mol. The number of hydrogen-bond acceptors (Lipinski definition) is 10. The zero-order valence-corrected chi connectivity index (χ0v) is 34.3. The summed E-state index contributed by atoms with van der Waals surface area (Å²) in [5, 5.41) is 2.58. The Morgan fingerprint density at radius 3 is 1.92 bits per heavy atom. The van der Waals surface area contributed by atoms with E-state index in [4.69, 9.17) is 128 Å². The van der Waals surface area contributed by atoms with Crippen LogP contribution in [0.2, 0.25) is 0 Å². The molecule has 51 heavy (non-hydrogen) atoms. The van der Waals surface area contributed by atoms with E-state index in [1.54, 1.807) is 25.7 Å². The van der Waals surface area contributed by atoms with Gasteiger partial charge in [-0.15, -0.1) is 0 Å². The van der Waals surface area contributed by atoms with Crippen LogP contribution in [0.5, 0.6) is 0 Å². The molecule has 3 aliphatic heterocycles. The van der Waals surface area contributed by atoms with Gasteiger partial charge in [0.2, 0.25) is 11.8 Å². The Morgan fingerprint density at radius 2 is 1.37 bits per heavy atom. The molecule has 2 amide bonds. The number of piperidine rings is 1. The van der Waals surface area contributed by atoms with Crippen LogP contribution < -0.4 is 5.32 Å². The van der Waals surface area contributed by atoms with Gasteiger partial charge < -0.3 is 33.9 Å². The van der Waals surface area contributed by atoms with Gasteiger partial charge in [0.25, 0.3) is 11.4 Å². The third-order valence-corrected chi connectivity index (χ3v) is 9.98. The van der Waals surface area contributed by atoms with Gasteiger partial charge >= 0.3 is 17.9 Å². The summed E-state index contributed by atoms with van der Waals surface area (Å²) in [5.74, 6) is -5.49. The summed E-state index contributed by atoms with van der Waals surface area (Å²) in [7, 11) is 0. The molecular weight excluding hydrogens is 867 g/mol. The van der Waals surface area contributed by atoms with Gasteiger partial charge in [-0.1, -0.05) is 117 Å². The number of carbonyl (C=O) groups excluding carboxylic acids is 5. The molecular formula is C30H37Cl9N2O10. The van der Waals surface area contributed by atoms with Gasteiger partial charge in [0.1, 0.15) is 18.3 Å². The maximum atomic E-state index is 12.9. The molecule has 3 fully saturated rings. The molecule has 3 saturated heterocycles. The number of esters is 3. The molecule has 0 saturated carbocycles. The quantitative estimate of drug-likeness (QED) is 0.0798. The van der Waals surface area contributed by atoms with Crippen LogP contribution in [-0.4, -0.2) is 109 Å². The molecule has 0 unspecified atom stereocenters. The number of nitrogens with one attached hydrogen (secondary N) is 1. The average molecular weight is 905 g/mol. The summed E-state index contributed by atoms with van der Waals surface area (Å²) >= 11 is 51.8. The van der Waals surface area contributed by atoms with E-state index >= 15 is 0 Å². The number of carbonyl (C=O) groups is 5. The van der Waals surface area contributed by atoms with Crippen molar-refractivity contribution in [2.75, 3.05) is 26.2 Å². The van der Waals surface area contributed by atoms with Crippen molar-refractivity contribution in [1.29, 1.82) is 0 Å². The van der Waals surface area contributed by atoms with Crippen LogP contribution in [0.4, 0.5) is 0 Å². The topological polar surface area (TPSA) is 150 Å².